The number of hydrogen-bond donors (Lipinski definition) is 2. The molecule has 0 unspecified atom stereocenters. The maximum Gasteiger partial charge on any atom is 0.323 e. The van der Waals surface area contributed by atoms with Crippen molar-refractivity contribution in [3.8, 4) is 23.0 Å². The van der Waals surface area contributed by atoms with Gasteiger partial charge in [0.25, 0.3) is 5.91 Å². The summed E-state index contributed by atoms with van der Waals surface area (Å²) in [4.78, 5) is 29.5. The number of allylic oxidation sites excluding steroid dienone is 4. The largest absolute Gasteiger partial charge is 0.493 e. The van der Waals surface area contributed by atoms with Crippen molar-refractivity contribution < 1.29 is 28.5 Å². The Bertz CT molecular complexity index is 1700. The number of hydrogen-bond acceptors (Lipinski definition) is 8. The molecule has 1 aromatic heterocycles. The van der Waals surface area contributed by atoms with Gasteiger partial charge < -0.3 is 29.6 Å². The Kier molecular flexibility index (Phi) is 13.1. The van der Waals surface area contributed by atoms with Gasteiger partial charge in [0.2, 0.25) is 0 Å². The van der Waals surface area contributed by atoms with Crippen LogP contribution in [-0.4, -0.2) is 49.8 Å². The summed E-state index contributed by atoms with van der Waals surface area (Å²) in [7, 11) is 1.58. The predicted molar refractivity (Wildman–Crippen MR) is 185 cm³/mol. The number of amides is 1. The smallest absolute Gasteiger partial charge is 0.323 e. The van der Waals surface area contributed by atoms with E-state index in [1.54, 1.807) is 68.8 Å². The first-order valence-corrected chi connectivity index (χ1v) is 15.5. The van der Waals surface area contributed by atoms with E-state index in [0.29, 0.717) is 72.4 Å². The molecule has 2 N–H and O–H groups in total. The quantitative estimate of drug-likeness (QED) is 0.0692. The van der Waals surface area contributed by atoms with Crippen molar-refractivity contribution in [2.75, 3.05) is 32.2 Å². The van der Waals surface area contributed by atoms with Gasteiger partial charge in [-0.1, -0.05) is 54.7 Å². The number of anilines is 1. The van der Waals surface area contributed by atoms with Crippen LogP contribution in [0.3, 0.4) is 0 Å². The van der Waals surface area contributed by atoms with Crippen molar-refractivity contribution in [2.24, 2.45) is 0 Å². The molecule has 244 valence electrons. The van der Waals surface area contributed by atoms with Crippen LogP contribution in [0.5, 0.6) is 23.0 Å². The van der Waals surface area contributed by atoms with Gasteiger partial charge in [-0.25, -0.2) is 0 Å². The zero-order chi connectivity index (χ0) is 33.4. The molecule has 3 aromatic carbocycles. The van der Waals surface area contributed by atoms with Gasteiger partial charge in [0.05, 0.1) is 25.8 Å². The predicted octanol–water partition coefficient (Wildman–Crippen LogP) is 7.66. The number of nitrogens with zero attached hydrogens (tertiary/aromatic N) is 1. The van der Waals surface area contributed by atoms with Crippen molar-refractivity contribution in [3.63, 3.8) is 0 Å². The topological polar surface area (TPSA) is 108 Å². The van der Waals surface area contributed by atoms with Crippen molar-refractivity contribution in [3.05, 3.63) is 121 Å². The average molecular weight is 636 g/mol. The summed E-state index contributed by atoms with van der Waals surface area (Å²) in [5.41, 5.74) is 2.97. The van der Waals surface area contributed by atoms with E-state index in [2.05, 4.69) is 22.2 Å². The van der Waals surface area contributed by atoms with Gasteiger partial charge in [-0.15, -0.1) is 0 Å². The normalized spacial score (nSPS) is 12.0. The second kappa shape index (κ2) is 17.9. The lowest BCUT2D eigenvalue weighted by atomic mass is 10.1. The fourth-order valence-electron chi connectivity index (χ4n) is 4.72. The van der Waals surface area contributed by atoms with Gasteiger partial charge in [0.15, 0.2) is 11.5 Å². The minimum atomic E-state index is -0.453. The second-order valence-corrected chi connectivity index (χ2v) is 10.6. The van der Waals surface area contributed by atoms with Crippen LogP contribution in [0.4, 0.5) is 5.69 Å². The summed E-state index contributed by atoms with van der Waals surface area (Å²) < 4.78 is 23.2. The summed E-state index contributed by atoms with van der Waals surface area (Å²) in [6.45, 7) is 8.72. The van der Waals surface area contributed by atoms with E-state index in [4.69, 9.17) is 18.9 Å². The van der Waals surface area contributed by atoms with Gasteiger partial charge in [-0.3, -0.25) is 14.6 Å². The fourth-order valence-corrected chi connectivity index (χ4v) is 4.72. The SMILES string of the molecule is C=C/C=C\C=C(/C)C[C@H](NCCCOc1cc2nccc(Oc3ccc(NC(=O)c4ccccc4)cc3)c2cc1OC)C(=O)OCC. The molecule has 0 aliphatic rings. The molecule has 0 fully saturated rings. The van der Waals surface area contributed by atoms with Gasteiger partial charge in [-0.05, 0) is 81.8 Å². The number of nitrogens with one attached hydrogen (secondary N) is 2. The molecule has 4 aromatic rings. The molecule has 1 heterocycles. The first-order valence-electron chi connectivity index (χ1n) is 15.5. The Morgan fingerprint density at radius 2 is 1.77 bits per heavy atom. The Balaban J connectivity index is 1.36. The van der Waals surface area contributed by atoms with Gasteiger partial charge in [0.1, 0.15) is 17.5 Å². The molecule has 0 saturated heterocycles. The van der Waals surface area contributed by atoms with E-state index in [9.17, 15) is 9.59 Å². The van der Waals surface area contributed by atoms with Gasteiger partial charge >= 0.3 is 5.97 Å². The Morgan fingerprint density at radius 1 is 0.979 bits per heavy atom. The number of aromatic nitrogens is 1. The minimum Gasteiger partial charge on any atom is -0.493 e. The first kappa shape index (κ1) is 34.5. The highest BCUT2D eigenvalue weighted by Crippen LogP contribution is 2.37. The lowest BCUT2D eigenvalue weighted by Crippen LogP contribution is -2.39. The molecular weight excluding hydrogens is 594 g/mol. The zero-order valence-corrected chi connectivity index (χ0v) is 27.0. The molecule has 4 rings (SSSR count). The molecule has 1 atom stereocenters. The third-order valence-electron chi connectivity index (χ3n) is 7.06. The van der Waals surface area contributed by atoms with Crippen molar-refractivity contribution >= 4 is 28.5 Å². The van der Waals surface area contributed by atoms with Crippen LogP contribution in [0, 0.1) is 0 Å². The number of carbonyl (C=O) groups excluding carboxylic acids is 2. The monoisotopic (exact) mass is 635 g/mol. The molecule has 0 bridgehead atoms. The highest BCUT2D eigenvalue weighted by molar-refractivity contribution is 6.04. The number of methoxy groups -OCH3 is 1. The molecule has 0 aliphatic carbocycles. The van der Waals surface area contributed by atoms with E-state index in [-0.39, 0.29) is 11.9 Å². The lowest BCUT2D eigenvalue weighted by molar-refractivity contribution is -0.145. The van der Waals surface area contributed by atoms with Crippen LogP contribution in [0.1, 0.15) is 37.0 Å². The number of pyridine rings is 1. The zero-order valence-electron chi connectivity index (χ0n) is 27.0. The number of benzene rings is 3. The van der Waals surface area contributed by atoms with Crippen LogP contribution in [0.25, 0.3) is 10.9 Å². The van der Waals surface area contributed by atoms with Crippen molar-refractivity contribution in [1.82, 2.24) is 10.3 Å². The summed E-state index contributed by atoms with van der Waals surface area (Å²) in [5, 5.41) is 6.94. The molecule has 9 nitrogen and oxygen atoms in total. The van der Waals surface area contributed by atoms with Crippen molar-refractivity contribution in [1.29, 1.82) is 0 Å². The maximum atomic E-state index is 12.5. The van der Waals surface area contributed by atoms with E-state index >= 15 is 0 Å². The Labute approximate surface area is 275 Å². The van der Waals surface area contributed by atoms with Crippen molar-refractivity contribution in [2.45, 2.75) is 32.7 Å². The second-order valence-electron chi connectivity index (χ2n) is 10.6. The number of fused-ring (bicyclic) bond motifs is 1. The number of rotatable bonds is 17. The summed E-state index contributed by atoms with van der Waals surface area (Å²) >= 11 is 0. The third kappa shape index (κ3) is 10.3. The van der Waals surface area contributed by atoms with E-state index < -0.39 is 6.04 Å². The van der Waals surface area contributed by atoms with Crippen LogP contribution in [0.15, 0.2) is 115 Å². The fraction of sp³-hybridized carbons (Fsp3) is 0.237. The van der Waals surface area contributed by atoms with E-state index in [1.807, 2.05) is 55.5 Å². The van der Waals surface area contributed by atoms with Crippen LogP contribution >= 0.6 is 0 Å². The van der Waals surface area contributed by atoms with E-state index in [0.717, 1.165) is 11.0 Å². The number of ether oxygens (including phenoxy) is 4. The number of esters is 1. The van der Waals surface area contributed by atoms with E-state index in [1.165, 1.54) is 0 Å². The molecular formula is C38H41N3O6. The molecule has 0 aliphatic heterocycles. The number of carbonyl (C=O) groups is 2. The molecule has 0 radical (unpaired) electrons. The highest BCUT2D eigenvalue weighted by Gasteiger charge is 2.19. The summed E-state index contributed by atoms with van der Waals surface area (Å²) in [5.74, 6) is 1.83. The molecule has 0 spiro atoms. The summed E-state index contributed by atoms with van der Waals surface area (Å²) in [6, 6.07) is 21.2. The van der Waals surface area contributed by atoms with Crippen LogP contribution in [0.2, 0.25) is 0 Å². The Hall–Kier alpha value is -5.41. The molecule has 47 heavy (non-hydrogen) atoms. The third-order valence-corrected chi connectivity index (χ3v) is 7.06. The summed E-state index contributed by atoms with van der Waals surface area (Å²) in [6.07, 6.45) is 10.3. The minimum absolute atomic E-state index is 0.183. The maximum absolute atomic E-state index is 12.5. The Morgan fingerprint density at radius 3 is 2.49 bits per heavy atom. The lowest BCUT2D eigenvalue weighted by Gasteiger charge is -2.18. The highest BCUT2D eigenvalue weighted by atomic mass is 16.5. The molecule has 0 saturated carbocycles. The van der Waals surface area contributed by atoms with Crippen LogP contribution in [-0.2, 0) is 9.53 Å². The van der Waals surface area contributed by atoms with Crippen LogP contribution < -0.4 is 24.8 Å². The van der Waals surface area contributed by atoms with Gasteiger partial charge in [-0.2, -0.15) is 0 Å². The standard InChI is InChI=1S/C38H41N3O6/c1-5-7-9-13-27(3)24-33(38(43)45-6-2)39-21-12-23-46-36-26-32-31(25-35(36)44-4)34(20-22-40-32)47-30-18-16-29(17-19-30)41-37(42)28-14-10-8-11-15-28/h5,7-11,13-20,22,25-26,33,39H,1,6,12,21,23-24H2,2-4H3,(H,41,42)/b9-7-,27-13+/t33-/m0/s1. The van der Waals surface area contributed by atoms with Gasteiger partial charge in [0, 0.05) is 28.9 Å². The molecule has 9 heteroatoms. The first-order chi connectivity index (χ1) is 22.9. The molecule has 1 amide bonds. The average Bonchev–Trinajstić information content (AvgIpc) is 3.08.